The zero-order chi connectivity index (χ0) is 12.0. The van der Waals surface area contributed by atoms with Crippen molar-refractivity contribution in [1.82, 2.24) is 0 Å². The Morgan fingerprint density at radius 3 is 2.44 bits per heavy atom. The van der Waals surface area contributed by atoms with Gasteiger partial charge in [0.05, 0.1) is 17.7 Å². The van der Waals surface area contributed by atoms with E-state index in [1.807, 2.05) is 6.92 Å². The quantitative estimate of drug-likeness (QED) is 0.608. The molecule has 0 bridgehead atoms. The van der Waals surface area contributed by atoms with Gasteiger partial charge in [0, 0.05) is 0 Å². The van der Waals surface area contributed by atoms with Gasteiger partial charge in [0.25, 0.3) is 0 Å². The van der Waals surface area contributed by atoms with E-state index in [1.54, 1.807) is 12.1 Å². The molecule has 0 fully saturated rings. The second-order valence-corrected chi connectivity index (χ2v) is 3.40. The lowest BCUT2D eigenvalue weighted by molar-refractivity contribution is 0.0496. The van der Waals surface area contributed by atoms with Gasteiger partial charge >= 0.3 is 5.97 Å². The second kappa shape index (κ2) is 5.90. The number of esters is 1. The molecule has 0 unspecified atom stereocenters. The van der Waals surface area contributed by atoms with Crippen LogP contribution in [-0.4, -0.2) is 18.5 Å². The van der Waals surface area contributed by atoms with E-state index in [0.29, 0.717) is 6.61 Å². The van der Waals surface area contributed by atoms with Crippen LogP contribution in [0.25, 0.3) is 0 Å². The number of nitrogens with two attached hydrogens (primary N) is 1. The molecule has 4 nitrogen and oxygen atoms in total. The lowest BCUT2D eigenvalue weighted by Gasteiger charge is -2.06. The number of primary amides is 1. The summed E-state index contributed by atoms with van der Waals surface area (Å²) in [7, 11) is 0. The minimum Gasteiger partial charge on any atom is -0.462 e. The summed E-state index contributed by atoms with van der Waals surface area (Å²) in [6.45, 7) is 2.37. The molecule has 1 aromatic rings. The molecule has 1 amide bonds. The number of hydrogen-bond donors (Lipinski definition) is 1. The molecule has 16 heavy (non-hydrogen) atoms. The molecule has 0 atom stereocenters. The third kappa shape index (κ3) is 3.08. The fraction of sp³-hybridized carbons (Fsp3) is 0.333. The summed E-state index contributed by atoms with van der Waals surface area (Å²) in [6, 6.07) is 6.37. The van der Waals surface area contributed by atoms with E-state index in [4.69, 9.17) is 10.5 Å². The fourth-order valence-electron chi connectivity index (χ4n) is 1.26. The highest BCUT2D eigenvalue weighted by Gasteiger charge is 2.15. The number of unbranched alkanes of at least 4 members (excludes halogenated alkanes) is 1. The Balaban J connectivity index is 2.78. The van der Waals surface area contributed by atoms with Crippen molar-refractivity contribution in [3.63, 3.8) is 0 Å². The van der Waals surface area contributed by atoms with E-state index in [2.05, 4.69) is 0 Å². The Bertz CT molecular complexity index is 388. The molecular weight excluding hydrogens is 206 g/mol. The number of carbonyl (C=O) groups is 2. The number of amides is 1. The maximum atomic E-state index is 11.6. The molecule has 0 spiro atoms. The van der Waals surface area contributed by atoms with Crippen molar-refractivity contribution in [1.29, 1.82) is 0 Å². The van der Waals surface area contributed by atoms with E-state index in [0.717, 1.165) is 12.8 Å². The zero-order valence-corrected chi connectivity index (χ0v) is 9.23. The molecular formula is C12H15NO3. The van der Waals surface area contributed by atoms with Crippen LogP contribution in [0.15, 0.2) is 24.3 Å². The van der Waals surface area contributed by atoms with Crippen LogP contribution in [0.4, 0.5) is 0 Å². The normalized spacial score (nSPS) is 9.81. The average molecular weight is 221 g/mol. The zero-order valence-electron chi connectivity index (χ0n) is 9.23. The summed E-state index contributed by atoms with van der Waals surface area (Å²) in [5, 5.41) is 0. The summed E-state index contributed by atoms with van der Waals surface area (Å²) < 4.78 is 5.01. The van der Waals surface area contributed by atoms with Crippen LogP contribution in [0.3, 0.4) is 0 Å². The molecule has 0 aliphatic rings. The Morgan fingerprint density at radius 1 is 1.25 bits per heavy atom. The molecule has 0 saturated heterocycles. The van der Waals surface area contributed by atoms with Crippen molar-refractivity contribution in [2.45, 2.75) is 19.8 Å². The summed E-state index contributed by atoms with van der Waals surface area (Å²) in [5.74, 6) is -1.12. The van der Waals surface area contributed by atoms with Gasteiger partial charge in [-0.15, -0.1) is 0 Å². The van der Waals surface area contributed by atoms with Crippen molar-refractivity contribution in [3.8, 4) is 0 Å². The first kappa shape index (κ1) is 12.2. The number of hydrogen-bond acceptors (Lipinski definition) is 3. The number of rotatable bonds is 5. The Labute approximate surface area is 94.4 Å². The van der Waals surface area contributed by atoms with Crippen LogP contribution in [0.2, 0.25) is 0 Å². The molecule has 0 saturated carbocycles. The number of carbonyl (C=O) groups excluding carboxylic acids is 2. The first-order valence-electron chi connectivity index (χ1n) is 5.22. The predicted molar refractivity (Wildman–Crippen MR) is 60.2 cm³/mol. The molecule has 86 valence electrons. The third-order valence-electron chi connectivity index (χ3n) is 2.14. The highest BCUT2D eigenvalue weighted by molar-refractivity contribution is 6.04. The van der Waals surface area contributed by atoms with Crippen LogP contribution >= 0.6 is 0 Å². The van der Waals surface area contributed by atoms with Gasteiger partial charge in [0.15, 0.2) is 0 Å². The lowest BCUT2D eigenvalue weighted by atomic mass is 10.1. The smallest absolute Gasteiger partial charge is 0.338 e. The number of ether oxygens (including phenoxy) is 1. The number of benzene rings is 1. The first-order valence-corrected chi connectivity index (χ1v) is 5.22. The highest BCUT2D eigenvalue weighted by Crippen LogP contribution is 2.09. The van der Waals surface area contributed by atoms with Crippen molar-refractivity contribution < 1.29 is 14.3 Å². The summed E-state index contributed by atoms with van der Waals surface area (Å²) in [4.78, 5) is 22.7. The van der Waals surface area contributed by atoms with Crippen molar-refractivity contribution in [3.05, 3.63) is 35.4 Å². The molecule has 0 aliphatic carbocycles. The Kier molecular flexibility index (Phi) is 4.51. The van der Waals surface area contributed by atoms with Gasteiger partial charge in [-0.1, -0.05) is 25.5 Å². The topological polar surface area (TPSA) is 69.4 Å². The monoisotopic (exact) mass is 221 g/mol. The Morgan fingerprint density at radius 2 is 1.88 bits per heavy atom. The third-order valence-corrected chi connectivity index (χ3v) is 2.14. The van der Waals surface area contributed by atoms with E-state index < -0.39 is 11.9 Å². The second-order valence-electron chi connectivity index (χ2n) is 3.40. The standard InChI is InChI=1S/C12H15NO3/c1-2-3-8-16-12(15)10-7-5-4-6-9(10)11(13)14/h4-7H,2-3,8H2,1H3,(H2,13,14). The van der Waals surface area contributed by atoms with Crippen LogP contribution < -0.4 is 5.73 Å². The first-order chi connectivity index (χ1) is 7.66. The van der Waals surface area contributed by atoms with Crippen molar-refractivity contribution in [2.75, 3.05) is 6.61 Å². The minimum atomic E-state index is -0.622. The van der Waals surface area contributed by atoms with Crippen LogP contribution in [-0.2, 0) is 4.74 Å². The summed E-state index contributed by atoms with van der Waals surface area (Å²) >= 11 is 0. The van der Waals surface area contributed by atoms with Crippen LogP contribution in [0, 0.1) is 0 Å². The largest absolute Gasteiger partial charge is 0.462 e. The van der Waals surface area contributed by atoms with E-state index >= 15 is 0 Å². The van der Waals surface area contributed by atoms with E-state index in [-0.39, 0.29) is 11.1 Å². The molecule has 0 heterocycles. The maximum absolute atomic E-state index is 11.6. The predicted octanol–water partition coefficient (Wildman–Crippen LogP) is 1.74. The molecule has 2 N–H and O–H groups in total. The van der Waals surface area contributed by atoms with Gasteiger partial charge in [-0.25, -0.2) is 4.79 Å². The van der Waals surface area contributed by atoms with Crippen LogP contribution in [0.1, 0.15) is 40.5 Å². The van der Waals surface area contributed by atoms with Crippen LogP contribution in [0.5, 0.6) is 0 Å². The highest BCUT2D eigenvalue weighted by atomic mass is 16.5. The molecule has 0 aromatic heterocycles. The molecule has 1 aromatic carbocycles. The lowest BCUT2D eigenvalue weighted by Crippen LogP contribution is -2.17. The molecule has 0 aliphatic heterocycles. The van der Waals surface area contributed by atoms with Gasteiger partial charge in [-0.05, 0) is 18.6 Å². The van der Waals surface area contributed by atoms with Gasteiger partial charge in [0.1, 0.15) is 0 Å². The minimum absolute atomic E-state index is 0.198. The van der Waals surface area contributed by atoms with Gasteiger partial charge in [-0.3, -0.25) is 4.79 Å². The van der Waals surface area contributed by atoms with Gasteiger partial charge in [-0.2, -0.15) is 0 Å². The molecule has 0 radical (unpaired) electrons. The SMILES string of the molecule is CCCCOC(=O)c1ccccc1C(N)=O. The maximum Gasteiger partial charge on any atom is 0.338 e. The summed E-state index contributed by atoms with van der Waals surface area (Å²) in [6.07, 6.45) is 1.76. The van der Waals surface area contributed by atoms with Gasteiger partial charge in [0.2, 0.25) is 5.91 Å². The van der Waals surface area contributed by atoms with Gasteiger partial charge < -0.3 is 10.5 Å². The summed E-state index contributed by atoms with van der Waals surface area (Å²) in [5.41, 5.74) is 5.59. The Hall–Kier alpha value is -1.84. The molecule has 4 heteroatoms. The fourth-order valence-corrected chi connectivity index (χ4v) is 1.26. The van der Waals surface area contributed by atoms with Crippen molar-refractivity contribution >= 4 is 11.9 Å². The van der Waals surface area contributed by atoms with Crippen molar-refractivity contribution in [2.24, 2.45) is 5.73 Å². The van der Waals surface area contributed by atoms with E-state index in [1.165, 1.54) is 12.1 Å². The molecule has 1 rings (SSSR count). The van der Waals surface area contributed by atoms with E-state index in [9.17, 15) is 9.59 Å². The average Bonchev–Trinajstić information content (AvgIpc) is 2.29.